The second-order valence-corrected chi connectivity index (χ2v) is 3.25. The highest BCUT2D eigenvalue weighted by Crippen LogP contribution is 2.38. The van der Waals surface area contributed by atoms with Gasteiger partial charge in [0.25, 0.3) is 0 Å². The van der Waals surface area contributed by atoms with E-state index in [1.54, 1.807) is 0 Å². The zero-order valence-electron chi connectivity index (χ0n) is 5.69. The standard InChI is InChI=1S/C8H13N/c1-3-8(4-1)5-2-6-9-7-8/h1,3,9H,2,4-7H2. The number of piperidine rings is 1. The predicted octanol–water partition coefficient (Wildman–Crippen LogP) is 1.32. The van der Waals surface area contributed by atoms with Crippen LogP contribution in [0.1, 0.15) is 19.3 Å². The van der Waals surface area contributed by atoms with Crippen LogP contribution in [0, 0.1) is 5.41 Å². The van der Waals surface area contributed by atoms with Crippen LogP contribution in [0.5, 0.6) is 0 Å². The Kier molecular flexibility index (Phi) is 1.12. The summed E-state index contributed by atoms with van der Waals surface area (Å²) in [6, 6.07) is 0. The van der Waals surface area contributed by atoms with Crippen molar-refractivity contribution in [2.75, 3.05) is 13.1 Å². The van der Waals surface area contributed by atoms with E-state index in [1.165, 1.54) is 32.4 Å². The molecule has 1 aliphatic carbocycles. The molecule has 0 aromatic rings. The van der Waals surface area contributed by atoms with Gasteiger partial charge < -0.3 is 5.32 Å². The zero-order chi connectivity index (χ0) is 6.16. The van der Waals surface area contributed by atoms with Gasteiger partial charge in [-0.2, -0.15) is 0 Å². The fraction of sp³-hybridized carbons (Fsp3) is 0.750. The first kappa shape index (κ1) is 5.48. The topological polar surface area (TPSA) is 12.0 Å². The molecule has 1 N–H and O–H groups in total. The Morgan fingerprint density at radius 2 is 2.33 bits per heavy atom. The van der Waals surface area contributed by atoms with Gasteiger partial charge in [0.2, 0.25) is 0 Å². The van der Waals surface area contributed by atoms with Gasteiger partial charge in [0.15, 0.2) is 0 Å². The monoisotopic (exact) mass is 123 g/mol. The molecule has 0 aromatic heterocycles. The van der Waals surface area contributed by atoms with E-state index in [0.717, 1.165) is 0 Å². The Hall–Kier alpha value is -0.300. The summed E-state index contributed by atoms with van der Waals surface area (Å²) in [5.41, 5.74) is 0.609. The summed E-state index contributed by atoms with van der Waals surface area (Å²) in [7, 11) is 0. The van der Waals surface area contributed by atoms with Crippen LogP contribution in [-0.2, 0) is 0 Å². The Bertz CT molecular complexity index is 132. The van der Waals surface area contributed by atoms with Gasteiger partial charge in [-0.25, -0.2) is 0 Å². The van der Waals surface area contributed by atoms with Crippen LogP contribution < -0.4 is 5.32 Å². The first-order chi connectivity index (χ1) is 4.41. The van der Waals surface area contributed by atoms with E-state index in [9.17, 15) is 0 Å². The molecule has 0 saturated carbocycles. The first-order valence-corrected chi connectivity index (χ1v) is 3.80. The molecule has 1 spiro atoms. The van der Waals surface area contributed by atoms with Crippen LogP contribution in [0.25, 0.3) is 0 Å². The molecule has 1 saturated heterocycles. The van der Waals surface area contributed by atoms with Crippen LogP contribution in [-0.4, -0.2) is 13.1 Å². The van der Waals surface area contributed by atoms with Crippen molar-refractivity contribution in [1.82, 2.24) is 5.32 Å². The molecule has 0 radical (unpaired) electrons. The van der Waals surface area contributed by atoms with E-state index in [0.29, 0.717) is 5.41 Å². The normalized spacial score (nSPS) is 40.9. The SMILES string of the molecule is C1=CC2(C1)CCCNC2. The van der Waals surface area contributed by atoms with Gasteiger partial charge >= 0.3 is 0 Å². The molecule has 0 amide bonds. The molecular formula is C8H13N. The molecule has 1 unspecified atom stereocenters. The Balaban J connectivity index is 2.02. The van der Waals surface area contributed by atoms with E-state index in [4.69, 9.17) is 0 Å². The zero-order valence-corrected chi connectivity index (χ0v) is 5.69. The third-order valence-corrected chi connectivity index (χ3v) is 2.50. The molecular weight excluding hydrogens is 110 g/mol. The van der Waals surface area contributed by atoms with Crippen LogP contribution in [0.4, 0.5) is 0 Å². The average Bonchev–Trinajstić information content (AvgIpc) is 1.87. The van der Waals surface area contributed by atoms with E-state index in [-0.39, 0.29) is 0 Å². The van der Waals surface area contributed by atoms with Crippen LogP contribution in [0.2, 0.25) is 0 Å². The highest BCUT2D eigenvalue weighted by molar-refractivity contribution is 5.14. The van der Waals surface area contributed by atoms with Crippen molar-refractivity contribution in [3.8, 4) is 0 Å². The molecule has 1 heterocycles. The Morgan fingerprint density at radius 3 is 2.67 bits per heavy atom. The first-order valence-electron chi connectivity index (χ1n) is 3.80. The van der Waals surface area contributed by atoms with E-state index in [2.05, 4.69) is 17.5 Å². The third-order valence-electron chi connectivity index (χ3n) is 2.50. The van der Waals surface area contributed by atoms with Gasteiger partial charge in [0.05, 0.1) is 0 Å². The largest absolute Gasteiger partial charge is 0.316 e. The van der Waals surface area contributed by atoms with Gasteiger partial charge in [-0.3, -0.25) is 0 Å². The molecule has 1 atom stereocenters. The van der Waals surface area contributed by atoms with Crippen molar-refractivity contribution < 1.29 is 0 Å². The minimum absolute atomic E-state index is 0.609. The molecule has 1 aliphatic heterocycles. The lowest BCUT2D eigenvalue weighted by atomic mass is 9.71. The minimum Gasteiger partial charge on any atom is -0.316 e. The number of hydrogen-bond donors (Lipinski definition) is 1. The molecule has 0 bridgehead atoms. The number of hydrogen-bond acceptors (Lipinski definition) is 1. The van der Waals surface area contributed by atoms with Crippen molar-refractivity contribution in [3.63, 3.8) is 0 Å². The second-order valence-electron chi connectivity index (χ2n) is 3.25. The summed E-state index contributed by atoms with van der Waals surface area (Å²) >= 11 is 0. The molecule has 0 aromatic carbocycles. The molecule has 50 valence electrons. The number of allylic oxidation sites excluding steroid dienone is 1. The Labute approximate surface area is 56.1 Å². The lowest BCUT2D eigenvalue weighted by molar-refractivity contribution is 0.256. The van der Waals surface area contributed by atoms with E-state index < -0.39 is 0 Å². The maximum Gasteiger partial charge on any atom is 0.00455 e. The van der Waals surface area contributed by atoms with Crippen LogP contribution >= 0.6 is 0 Å². The highest BCUT2D eigenvalue weighted by atomic mass is 14.9. The van der Waals surface area contributed by atoms with Crippen molar-refractivity contribution >= 4 is 0 Å². The van der Waals surface area contributed by atoms with Gasteiger partial charge in [0.1, 0.15) is 0 Å². The lowest BCUT2D eigenvalue weighted by Crippen LogP contribution is -2.41. The van der Waals surface area contributed by atoms with Crippen molar-refractivity contribution in [2.24, 2.45) is 5.41 Å². The maximum atomic E-state index is 3.43. The fourth-order valence-corrected chi connectivity index (χ4v) is 1.76. The summed E-state index contributed by atoms with van der Waals surface area (Å²) in [4.78, 5) is 0. The number of nitrogens with one attached hydrogen (secondary N) is 1. The minimum atomic E-state index is 0.609. The van der Waals surface area contributed by atoms with E-state index >= 15 is 0 Å². The summed E-state index contributed by atoms with van der Waals surface area (Å²) in [6.45, 7) is 2.46. The summed E-state index contributed by atoms with van der Waals surface area (Å²) < 4.78 is 0. The molecule has 1 nitrogen and oxygen atoms in total. The van der Waals surface area contributed by atoms with Crippen molar-refractivity contribution in [2.45, 2.75) is 19.3 Å². The second kappa shape index (κ2) is 1.84. The fourth-order valence-electron chi connectivity index (χ4n) is 1.76. The van der Waals surface area contributed by atoms with Crippen LogP contribution in [0.3, 0.4) is 0 Å². The summed E-state index contributed by atoms with van der Waals surface area (Å²) in [5.74, 6) is 0. The third kappa shape index (κ3) is 0.799. The molecule has 1 fully saturated rings. The van der Waals surface area contributed by atoms with Gasteiger partial charge in [-0.15, -0.1) is 0 Å². The van der Waals surface area contributed by atoms with Crippen LogP contribution in [0.15, 0.2) is 12.2 Å². The summed E-state index contributed by atoms with van der Waals surface area (Å²) in [6.07, 6.45) is 8.76. The molecule has 1 heteroatoms. The van der Waals surface area contributed by atoms with E-state index in [1.807, 2.05) is 0 Å². The highest BCUT2D eigenvalue weighted by Gasteiger charge is 2.32. The average molecular weight is 123 g/mol. The quantitative estimate of drug-likeness (QED) is 0.479. The van der Waals surface area contributed by atoms with Crippen molar-refractivity contribution in [1.29, 1.82) is 0 Å². The van der Waals surface area contributed by atoms with Gasteiger partial charge in [-0.05, 0) is 25.8 Å². The molecule has 9 heavy (non-hydrogen) atoms. The Morgan fingerprint density at radius 1 is 1.44 bits per heavy atom. The lowest BCUT2D eigenvalue weighted by Gasteiger charge is -2.39. The van der Waals surface area contributed by atoms with Gasteiger partial charge in [-0.1, -0.05) is 12.2 Å². The molecule has 2 rings (SSSR count). The summed E-state index contributed by atoms with van der Waals surface area (Å²) in [5, 5.41) is 3.43. The maximum absolute atomic E-state index is 3.43. The molecule has 2 aliphatic rings. The number of rotatable bonds is 0. The van der Waals surface area contributed by atoms with Gasteiger partial charge in [0, 0.05) is 12.0 Å². The predicted molar refractivity (Wildman–Crippen MR) is 38.3 cm³/mol. The van der Waals surface area contributed by atoms with Crippen molar-refractivity contribution in [3.05, 3.63) is 12.2 Å². The smallest absolute Gasteiger partial charge is 0.00455 e.